The average molecular weight is 501 g/mol. The first-order valence-corrected chi connectivity index (χ1v) is 11.5. The SMILES string of the molecule is C#CC(C)Oc1cc(N(C(=O)C[CH]OCC2=CCCCC2)C(=O)c2cccc(F)c2)c(F)cc1Cl. The molecule has 1 radical (unpaired) electrons. The van der Waals surface area contributed by atoms with Crippen LogP contribution >= 0.6 is 11.6 Å². The summed E-state index contributed by atoms with van der Waals surface area (Å²) in [4.78, 5) is 27.0. The third-order valence-electron chi connectivity index (χ3n) is 5.33. The Morgan fingerprint density at radius 3 is 2.74 bits per heavy atom. The predicted octanol–water partition coefficient (Wildman–Crippen LogP) is 6.26. The monoisotopic (exact) mass is 500 g/mol. The lowest BCUT2D eigenvalue weighted by Gasteiger charge is -2.23. The van der Waals surface area contributed by atoms with E-state index < -0.39 is 35.2 Å². The van der Waals surface area contributed by atoms with Crippen molar-refractivity contribution in [2.24, 2.45) is 0 Å². The fraction of sp³-hybridized carbons (Fsp3) is 0.296. The van der Waals surface area contributed by atoms with Crippen LogP contribution < -0.4 is 9.64 Å². The molecule has 3 rings (SSSR count). The van der Waals surface area contributed by atoms with Crippen LogP contribution in [-0.2, 0) is 9.53 Å². The Morgan fingerprint density at radius 2 is 2.06 bits per heavy atom. The number of ether oxygens (including phenoxy) is 2. The Morgan fingerprint density at radius 1 is 1.26 bits per heavy atom. The van der Waals surface area contributed by atoms with Crippen molar-refractivity contribution in [1.82, 2.24) is 0 Å². The van der Waals surface area contributed by atoms with Crippen molar-refractivity contribution < 1.29 is 27.8 Å². The normalized spacial score (nSPS) is 14.0. The Labute approximate surface area is 208 Å². The van der Waals surface area contributed by atoms with Crippen molar-refractivity contribution in [2.45, 2.75) is 45.1 Å². The minimum Gasteiger partial charge on any atom is -0.476 e. The first kappa shape index (κ1) is 26.4. The number of hydrogen-bond donors (Lipinski definition) is 0. The summed E-state index contributed by atoms with van der Waals surface area (Å²) in [5.74, 6) is -0.984. The predicted molar refractivity (Wildman–Crippen MR) is 130 cm³/mol. The van der Waals surface area contributed by atoms with E-state index in [1.807, 2.05) is 0 Å². The molecule has 0 fully saturated rings. The van der Waals surface area contributed by atoms with Gasteiger partial charge in [-0.2, -0.15) is 0 Å². The number of rotatable bonds is 9. The lowest BCUT2D eigenvalue weighted by molar-refractivity contribution is -0.118. The third kappa shape index (κ3) is 7.14. The number of amides is 2. The number of anilines is 1. The topological polar surface area (TPSA) is 55.8 Å². The number of imide groups is 1. The van der Waals surface area contributed by atoms with Gasteiger partial charge in [-0.1, -0.05) is 29.7 Å². The Hall–Kier alpha value is -3.21. The highest BCUT2D eigenvalue weighted by Crippen LogP contribution is 2.34. The molecule has 2 amide bonds. The Bertz CT molecular complexity index is 1160. The van der Waals surface area contributed by atoms with Gasteiger partial charge in [-0.3, -0.25) is 9.59 Å². The van der Waals surface area contributed by atoms with Gasteiger partial charge in [0.2, 0.25) is 5.91 Å². The van der Waals surface area contributed by atoms with Crippen molar-refractivity contribution >= 4 is 29.1 Å². The van der Waals surface area contributed by atoms with Crippen LogP contribution in [0.4, 0.5) is 14.5 Å². The van der Waals surface area contributed by atoms with Crippen molar-refractivity contribution in [1.29, 1.82) is 0 Å². The van der Waals surface area contributed by atoms with Gasteiger partial charge in [0.05, 0.1) is 30.3 Å². The quantitative estimate of drug-likeness (QED) is 0.231. The Kier molecular flexibility index (Phi) is 9.41. The second-order valence-corrected chi connectivity index (χ2v) is 8.40. The highest BCUT2D eigenvalue weighted by Gasteiger charge is 2.29. The Balaban J connectivity index is 1.87. The molecule has 5 nitrogen and oxygen atoms in total. The fourth-order valence-electron chi connectivity index (χ4n) is 3.54. The molecule has 1 atom stereocenters. The van der Waals surface area contributed by atoms with Crippen LogP contribution in [-0.4, -0.2) is 24.5 Å². The summed E-state index contributed by atoms with van der Waals surface area (Å²) in [6.45, 7) is 3.19. The summed E-state index contributed by atoms with van der Waals surface area (Å²) in [7, 11) is 0. The van der Waals surface area contributed by atoms with Crippen molar-refractivity contribution in [2.75, 3.05) is 11.5 Å². The second kappa shape index (κ2) is 12.5. The first-order chi connectivity index (χ1) is 16.8. The van der Waals surface area contributed by atoms with Gasteiger partial charge in [0, 0.05) is 11.6 Å². The van der Waals surface area contributed by atoms with E-state index in [9.17, 15) is 18.4 Å². The van der Waals surface area contributed by atoms with E-state index in [2.05, 4.69) is 12.0 Å². The van der Waals surface area contributed by atoms with Crippen molar-refractivity contribution in [3.8, 4) is 18.1 Å². The number of nitrogens with zero attached hydrogens (tertiary/aromatic N) is 1. The van der Waals surface area contributed by atoms with E-state index >= 15 is 0 Å². The number of carbonyl (C=O) groups excluding carboxylic acids is 2. The van der Waals surface area contributed by atoms with Gasteiger partial charge in [-0.25, -0.2) is 13.7 Å². The van der Waals surface area contributed by atoms with E-state index in [1.165, 1.54) is 18.7 Å². The number of allylic oxidation sites excluding steroid dienone is 1. The molecule has 0 N–H and O–H groups in total. The van der Waals surface area contributed by atoms with Crippen LogP contribution in [0, 0.1) is 30.6 Å². The molecule has 183 valence electrons. The molecule has 1 unspecified atom stereocenters. The molecular formula is C27H25ClF2NO4. The summed E-state index contributed by atoms with van der Waals surface area (Å²) in [5.41, 5.74) is 0.595. The maximum atomic E-state index is 15.0. The average Bonchev–Trinajstić information content (AvgIpc) is 2.85. The van der Waals surface area contributed by atoms with Crippen LogP contribution in [0.2, 0.25) is 5.02 Å². The first-order valence-electron chi connectivity index (χ1n) is 11.2. The molecule has 0 saturated carbocycles. The number of halogens is 3. The van der Waals surface area contributed by atoms with E-state index in [-0.39, 0.29) is 22.8 Å². The van der Waals surface area contributed by atoms with E-state index in [1.54, 1.807) is 6.92 Å². The van der Waals surface area contributed by atoms with Gasteiger partial charge < -0.3 is 9.47 Å². The molecule has 0 aliphatic heterocycles. The molecule has 0 saturated heterocycles. The van der Waals surface area contributed by atoms with Crippen LogP contribution in [0.15, 0.2) is 48.0 Å². The van der Waals surface area contributed by atoms with Crippen LogP contribution in [0.3, 0.4) is 0 Å². The lowest BCUT2D eigenvalue weighted by atomic mass is 10.0. The molecule has 0 heterocycles. The number of hydrogen-bond acceptors (Lipinski definition) is 4. The molecule has 0 spiro atoms. The standard InChI is InChI=1S/C27H25ClF2NO4/c1-3-18(2)35-25-16-24(23(30)15-22(25)28)31(27(33)20-10-7-11-21(29)14-20)26(32)12-13-34-17-19-8-5-4-6-9-19/h1,7-8,10-11,13-16,18H,4-6,9,12,17H2,2H3. The minimum absolute atomic E-state index is 0.0113. The molecule has 8 heteroatoms. The van der Waals surface area contributed by atoms with E-state index in [0.29, 0.717) is 11.5 Å². The lowest BCUT2D eigenvalue weighted by Crippen LogP contribution is -2.38. The molecular weight excluding hydrogens is 476 g/mol. The second-order valence-electron chi connectivity index (χ2n) is 8.00. The van der Waals surface area contributed by atoms with Crippen LogP contribution in [0.5, 0.6) is 5.75 Å². The molecule has 2 aromatic carbocycles. The van der Waals surface area contributed by atoms with Gasteiger partial charge >= 0.3 is 0 Å². The van der Waals surface area contributed by atoms with Gasteiger partial charge in [0.15, 0.2) is 6.10 Å². The van der Waals surface area contributed by atoms with Crippen molar-refractivity contribution in [3.63, 3.8) is 0 Å². The van der Waals surface area contributed by atoms with E-state index in [4.69, 9.17) is 27.5 Å². The molecule has 1 aliphatic carbocycles. The zero-order valence-electron chi connectivity index (χ0n) is 19.2. The van der Waals surface area contributed by atoms with Gasteiger partial charge in [0.1, 0.15) is 17.4 Å². The fourth-order valence-corrected chi connectivity index (χ4v) is 3.73. The molecule has 35 heavy (non-hydrogen) atoms. The summed E-state index contributed by atoms with van der Waals surface area (Å²) in [6, 6.07) is 6.80. The number of terminal acetylenes is 1. The highest BCUT2D eigenvalue weighted by molar-refractivity contribution is 6.32. The molecule has 1 aliphatic rings. The molecule has 0 aromatic heterocycles. The highest BCUT2D eigenvalue weighted by atomic mass is 35.5. The summed E-state index contributed by atoms with van der Waals surface area (Å²) < 4.78 is 39.8. The zero-order chi connectivity index (χ0) is 25.4. The number of benzene rings is 2. The van der Waals surface area contributed by atoms with Gasteiger partial charge in [0.25, 0.3) is 5.91 Å². The van der Waals surface area contributed by atoms with Gasteiger partial charge in [-0.15, -0.1) is 6.42 Å². The summed E-state index contributed by atoms with van der Waals surface area (Å²) in [5, 5.41) is -0.0883. The van der Waals surface area contributed by atoms with Crippen molar-refractivity contribution in [3.05, 3.63) is 76.9 Å². The van der Waals surface area contributed by atoms with Crippen LogP contribution in [0.25, 0.3) is 0 Å². The van der Waals surface area contributed by atoms with Gasteiger partial charge in [-0.05, 0) is 62.4 Å². The maximum Gasteiger partial charge on any atom is 0.265 e. The molecule has 0 bridgehead atoms. The van der Waals surface area contributed by atoms with Crippen LogP contribution in [0.1, 0.15) is 49.4 Å². The van der Waals surface area contributed by atoms with E-state index in [0.717, 1.165) is 55.5 Å². The summed E-state index contributed by atoms with van der Waals surface area (Å²) >= 11 is 6.08. The summed E-state index contributed by atoms with van der Waals surface area (Å²) in [6.07, 6.45) is 10.6. The zero-order valence-corrected chi connectivity index (χ0v) is 20.0. The third-order valence-corrected chi connectivity index (χ3v) is 5.63. The maximum absolute atomic E-state index is 15.0. The number of carbonyl (C=O) groups is 2. The molecule has 2 aromatic rings. The minimum atomic E-state index is -0.943. The smallest absolute Gasteiger partial charge is 0.265 e. The largest absolute Gasteiger partial charge is 0.476 e.